The lowest BCUT2D eigenvalue weighted by Crippen LogP contribution is -2.58. The lowest BCUT2D eigenvalue weighted by Gasteiger charge is -2.27. The van der Waals surface area contributed by atoms with E-state index < -0.39 is 76.9 Å². The molecule has 7 N–H and O–H groups in total. The smallest absolute Gasteiger partial charge is 0.305 e. The molecule has 45 heavy (non-hydrogen) atoms. The topological polar surface area (TPSA) is 246 Å². The molecule has 16 nitrogen and oxygen atoms in total. The number of benzene rings is 2. The van der Waals surface area contributed by atoms with Crippen LogP contribution in [0.2, 0.25) is 0 Å². The Labute approximate surface area is 258 Å². The van der Waals surface area contributed by atoms with Crippen molar-refractivity contribution >= 4 is 46.9 Å². The van der Waals surface area contributed by atoms with Crippen molar-refractivity contribution < 1.29 is 43.9 Å². The minimum absolute atomic E-state index is 0.0216. The molecule has 0 aliphatic carbocycles. The number of aliphatic carboxylic acids is 1. The second-order valence-electron chi connectivity index (χ2n) is 10.5. The van der Waals surface area contributed by atoms with Gasteiger partial charge in [-0.15, -0.1) is 0 Å². The van der Waals surface area contributed by atoms with Gasteiger partial charge in [0.1, 0.15) is 29.9 Å². The zero-order valence-electron chi connectivity index (χ0n) is 25.0. The maximum Gasteiger partial charge on any atom is 0.305 e. The van der Waals surface area contributed by atoms with Crippen LogP contribution < -0.4 is 26.6 Å². The van der Waals surface area contributed by atoms with E-state index in [4.69, 9.17) is 0 Å². The van der Waals surface area contributed by atoms with Gasteiger partial charge in [0.05, 0.1) is 11.3 Å². The molecule has 2 aromatic carbocycles. The number of non-ortho nitro benzene ring substituents is 1. The van der Waals surface area contributed by atoms with Crippen molar-refractivity contribution in [3.05, 3.63) is 64.2 Å². The van der Waals surface area contributed by atoms with E-state index in [1.165, 1.54) is 38.1 Å². The van der Waals surface area contributed by atoms with E-state index in [1.54, 1.807) is 26.0 Å². The molecule has 0 heterocycles. The van der Waals surface area contributed by atoms with Crippen molar-refractivity contribution in [1.29, 1.82) is 0 Å². The summed E-state index contributed by atoms with van der Waals surface area (Å²) in [6.07, 6.45) is -0.745. The molecular weight excluding hydrogens is 592 g/mol. The van der Waals surface area contributed by atoms with Gasteiger partial charge in [-0.2, -0.15) is 0 Å². The number of phenols is 1. The Morgan fingerprint density at radius 3 is 1.89 bits per heavy atom. The molecular formula is C29H36N6O10. The maximum absolute atomic E-state index is 13.1. The van der Waals surface area contributed by atoms with Crippen LogP contribution in [0.3, 0.4) is 0 Å². The molecule has 0 saturated carbocycles. The van der Waals surface area contributed by atoms with Gasteiger partial charge in [0.25, 0.3) is 5.69 Å². The number of rotatable bonds is 15. The van der Waals surface area contributed by atoms with E-state index in [-0.39, 0.29) is 23.5 Å². The van der Waals surface area contributed by atoms with Crippen LogP contribution in [-0.4, -0.2) is 74.8 Å². The van der Waals surface area contributed by atoms with Gasteiger partial charge in [-0.25, -0.2) is 0 Å². The number of hydrogen-bond acceptors (Lipinski definition) is 9. The van der Waals surface area contributed by atoms with Gasteiger partial charge >= 0.3 is 5.97 Å². The Kier molecular flexibility index (Phi) is 13.0. The molecule has 16 heteroatoms. The Hall–Kier alpha value is -5.54. The number of nitro benzene ring substituents is 1. The molecule has 242 valence electrons. The third-order valence-corrected chi connectivity index (χ3v) is 6.43. The van der Waals surface area contributed by atoms with Gasteiger partial charge in [-0.3, -0.25) is 38.9 Å². The molecule has 2 rings (SSSR count). The van der Waals surface area contributed by atoms with Crippen LogP contribution in [0.5, 0.6) is 5.75 Å². The first-order chi connectivity index (χ1) is 21.1. The van der Waals surface area contributed by atoms with Crippen molar-refractivity contribution in [3.63, 3.8) is 0 Å². The molecule has 0 spiro atoms. The number of amides is 5. The number of aromatic hydroxyl groups is 1. The average Bonchev–Trinajstić information content (AvgIpc) is 2.95. The normalized spacial score (nSPS) is 13.4. The summed E-state index contributed by atoms with van der Waals surface area (Å²) in [6, 6.07) is 5.69. The number of nitrogens with one attached hydrogen (secondary N) is 5. The van der Waals surface area contributed by atoms with Crippen LogP contribution in [0.15, 0.2) is 48.5 Å². The number of carboxylic acids is 1. The van der Waals surface area contributed by atoms with Gasteiger partial charge in [0, 0.05) is 31.2 Å². The van der Waals surface area contributed by atoms with Crippen LogP contribution in [0.1, 0.15) is 39.7 Å². The summed E-state index contributed by atoms with van der Waals surface area (Å²) in [5.74, 6) is -5.57. The van der Waals surface area contributed by atoms with Crippen LogP contribution in [-0.2, 0) is 35.2 Å². The molecule has 0 bridgehead atoms. The number of nitrogens with zero attached hydrogens (tertiary/aromatic N) is 1. The van der Waals surface area contributed by atoms with Gasteiger partial charge in [0.2, 0.25) is 29.5 Å². The van der Waals surface area contributed by atoms with Gasteiger partial charge in [-0.05, 0) is 42.7 Å². The maximum atomic E-state index is 13.1. The fourth-order valence-electron chi connectivity index (χ4n) is 4.06. The van der Waals surface area contributed by atoms with Crippen molar-refractivity contribution in [2.75, 3.05) is 5.32 Å². The lowest BCUT2D eigenvalue weighted by atomic mass is 10.0. The highest BCUT2D eigenvalue weighted by Gasteiger charge is 2.32. The number of nitro groups is 1. The summed E-state index contributed by atoms with van der Waals surface area (Å²) in [7, 11) is 0. The molecule has 4 atom stereocenters. The molecule has 0 radical (unpaired) electrons. The number of anilines is 1. The standard InChI is InChI=1S/C29H36N6O10/c1-15(2)25(34-28(42)22(31-17(4)36)13-18-5-11-21(37)12-6-18)29(43)30-16(3)26(40)33-23(14-24(38)39)27(41)32-19-7-9-20(10-8-19)35(44)45/h5-12,15-16,22-23,25,37H,13-14H2,1-4H3,(H,30,43)(H,31,36)(H,32,41)(H,33,40)(H,34,42)(H,38,39)/t16-,22-,23+,25+/m1/s1. The average molecular weight is 629 g/mol. The highest BCUT2D eigenvalue weighted by atomic mass is 16.6. The van der Waals surface area contributed by atoms with Crippen molar-refractivity contribution in [1.82, 2.24) is 21.3 Å². The number of hydrogen-bond donors (Lipinski definition) is 7. The second-order valence-corrected chi connectivity index (χ2v) is 10.5. The molecule has 2 aromatic rings. The van der Waals surface area contributed by atoms with Crippen LogP contribution in [0.25, 0.3) is 0 Å². The summed E-state index contributed by atoms with van der Waals surface area (Å²) in [5.41, 5.74) is 0.521. The van der Waals surface area contributed by atoms with Crippen molar-refractivity contribution in [2.45, 2.75) is 64.7 Å². The lowest BCUT2D eigenvalue weighted by molar-refractivity contribution is -0.384. The summed E-state index contributed by atoms with van der Waals surface area (Å²) in [5, 5.41) is 41.8. The number of carbonyl (C=O) groups is 6. The summed E-state index contributed by atoms with van der Waals surface area (Å²) >= 11 is 0. The first-order valence-corrected chi connectivity index (χ1v) is 13.8. The first kappa shape index (κ1) is 35.7. The highest BCUT2D eigenvalue weighted by Crippen LogP contribution is 2.16. The van der Waals surface area contributed by atoms with Gasteiger partial charge in [0.15, 0.2) is 0 Å². The second kappa shape index (κ2) is 16.3. The minimum Gasteiger partial charge on any atom is -0.508 e. The van der Waals surface area contributed by atoms with E-state index in [0.29, 0.717) is 5.56 Å². The quantitative estimate of drug-likeness (QED) is 0.107. The fourth-order valence-corrected chi connectivity index (χ4v) is 4.06. The number of carbonyl (C=O) groups excluding carboxylic acids is 5. The number of carboxylic acid groups (broad SMARTS) is 1. The Balaban J connectivity index is 2.09. The predicted molar refractivity (Wildman–Crippen MR) is 160 cm³/mol. The zero-order chi connectivity index (χ0) is 33.8. The van der Waals surface area contributed by atoms with E-state index in [0.717, 1.165) is 12.1 Å². The van der Waals surface area contributed by atoms with E-state index in [9.17, 15) is 49.1 Å². The first-order valence-electron chi connectivity index (χ1n) is 13.8. The Bertz CT molecular complexity index is 1410. The van der Waals surface area contributed by atoms with Crippen LogP contribution in [0, 0.1) is 16.0 Å². The third kappa shape index (κ3) is 11.6. The monoisotopic (exact) mass is 628 g/mol. The zero-order valence-corrected chi connectivity index (χ0v) is 25.0. The molecule has 0 aliphatic rings. The van der Waals surface area contributed by atoms with Crippen LogP contribution >= 0.6 is 0 Å². The highest BCUT2D eigenvalue weighted by molar-refractivity contribution is 6.00. The van der Waals surface area contributed by atoms with Crippen LogP contribution in [0.4, 0.5) is 11.4 Å². The van der Waals surface area contributed by atoms with E-state index >= 15 is 0 Å². The van der Waals surface area contributed by atoms with E-state index in [1.807, 2.05) is 0 Å². The van der Waals surface area contributed by atoms with Gasteiger partial charge < -0.3 is 36.8 Å². The van der Waals surface area contributed by atoms with E-state index in [2.05, 4.69) is 26.6 Å². The number of phenolic OH excluding ortho intramolecular Hbond substituents is 1. The molecule has 0 unspecified atom stereocenters. The Morgan fingerprint density at radius 2 is 1.38 bits per heavy atom. The molecule has 5 amide bonds. The molecule has 0 aliphatic heterocycles. The fraction of sp³-hybridized carbons (Fsp3) is 0.379. The van der Waals surface area contributed by atoms with Crippen molar-refractivity contribution in [3.8, 4) is 5.75 Å². The minimum atomic E-state index is -1.57. The SMILES string of the molecule is CC(=O)N[C@H](Cc1ccc(O)cc1)C(=O)N[C@H](C(=O)N[C@H](C)C(=O)N[C@@H](CC(=O)O)C(=O)Nc1ccc([N+](=O)[O-])cc1)C(C)C. The Morgan fingerprint density at radius 1 is 0.778 bits per heavy atom. The van der Waals surface area contributed by atoms with Gasteiger partial charge in [-0.1, -0.05) is 26.0 Å². The predicted octanol–water partition coefficient (Wildman–Crippen LogP) is 0.591. The summed E-state index contributed by atoms with van der Waals surface area (Å²) in [4.78, 5) is 85.3. The third-order valence-electron chi connectivity index (χ3n) is 6.43. The summed E-state index contributed by atoms with van der Waals surface area (Å²) in [6.45, 7) is 5.82. The summed E-state index contributed by atoms with van der Waals surface area (Å²) < 4.78 is 0. The largest absolute Gasteiger partial charge is 0.508 e. The molecule has 0 aromatic heterocycles. The molecule has 0 fully saturated rings. The van der Waals surface area contributed by atoms with Crippen molar-refractivity contribution in [2.24, 2.45) is 5.92 Å². The molecule has 0 saturated heterocycles.